The number of hydroxylamine groups is 2. The molecule has 4 heterocycles. The number of ether oxygens (including phenoxy) is 2. The number of nitrogens with zero attached hydrogens (tertiary/aromatic N) is 7. The minimum absolute atomic E-state index is 0.248. The summed E-state index contributed by atoms with van der Waals surface area (Å²) in [4.78, 5) is 26.3. The van der Waals surface area contributed by atoms with Crippen LogP contribution in [0.3, 0.4) is 0 Å². The van der Waals surface area contributed by atoms with E-state index in [-0.39, 0.29) is 6.61 Å². The lowest BCUT2D eigenvalue weighted by Gasteiger charge is -2.33. The van der Waals surface area contributed by atoms with Gasteiger partial charge in [0.05, 0.1) is 19.3 Å². The molecule has 0 saturated carbocycles. The summed E-state index contributed by atoms with van der Waals surface area (Å²) in [6.45, 7) is 6.92. The highest BCUT2D eigenvalue weighted by Crippen LogP contribution is 2.46. The summed E-state index contributed by atoms with van der Waals surface area (Å²) in [7, 11) is 3.82. The number of hydrogen-bond acceptors (Lipinski definition) is 9. The molecule has 326 valence electrons. The minimum Gasteiger partial charge on any atom is -0.387 e. The first-order chi connectivity index (χ1) is 28.0. The van der Waals surface area contributed by atoms with Gasteiger partial charge in [0.15, 0.2) is 23.2 Å². The van der Waals surface area contributed by atoms with Gasteiger partial charge in [-0.2, -0.15) is 5.06 Å². The molecule has 2 aromatic heterocycles. The van der Waals surface area contributed by atoms with Crippen molar-refractivity contribution in [2.45, 2.75) is 218 Å². The number of aliphatic hydroxyl groups is 1. The molecule has 11 nitrogen and oxygen atoms in total. The van der Waals surface area contributed by atoms with E-state index in [4.69, 9.17) is 14.3 Å². The molecule has 0 radical (unpaired) electrons. The Balaban J connectivity index is 1.19. The van der Waals surface area contributed by atoms with Gasteiger partial charge in [0.25, 0.3) is 0 Å². The lowest BCUT2D eigenvalue weighted by molar-refractivity contribution is -0.244. The molecule has 2 fully saturated rings. The third kappa shape index (κ3) is 16.8. The van der Waals surface area contributed by atoms with Crippen LogP contribution in [0.25, 0.3) is 11.2 Å². The van der Waals surface area contributed by atoms with E-state index in [9.17, 15) is 5.11 Å². The Hall–Kier alpha value is -2.18. The van der Waals surface area contributed by atoms with Crippen LogP contribution < -0.4 is 0 Å². The number of unbranched alkanes of at least 4 members (excludes halogenated alkanes) is 26. The zero-order chi connectivity index (χ0) is 40.4. The summed E-state index contributed by atoms with van der Waals surface area (Å²) in [5.41, 5.74) is 0.223. The molecule has 2 aromatic rings. The van der Waals surface area contributed by atoms with Crippen molar-refractivity contribution >= 4 is 23.3 Å². The van der Waals surface area contributed by atoms with E-state index in [1.54, 1.807) is 12.7 Å². The monoisotopic (exact) mass is 798 g/mol. The summed E-state index contributed by atoms with van der Waals surface area (Å²) in [6.07, 6.45) is 40.7. The zero-order valence-corrected chi connectivity index (χ0v) is 36.9. The largest absolute Gasteiger partial charge is 0.387 e. The van der Waals surface area contributed by atoms with Crippen LogP contribution in [0, 0.1) is 0 Å². The molecule has 2 aliphatic rings. The number of fused-ring (bicyclic) bond motifs is 3. The predicted molar refractivity (Wildman–Crippen MR) is 234 cm³/mol. The highest BCUT2D eigenvalue weighted by atomic mass is 16.7. The average Bonchev–Trinajstić information content (AvgIpc) is 3.87. The van der Waals surface area contributed by atoms with Gasteiger partial charge in [-0.05, 0) is 12.8 Å². The second-order valence-electron chi connectivity index (χ2n) is 17.4. The topological polar surface area (TPSA) is 110 Å². The Morgan fingerprint density at radius 3 is 1.67 bits per heavy atom. The van der Waals surface area contributed by atoms with Crippen molar-refractivity contribution < 1.29 is 19.4 Å². The lowest BCUT2D eigenvalue weighted by Crippen LogP contribution is -2.47. The molecule has 2 bridgehead atoms. The summed E-state index contributed by atoms with van der Waals surface area (Å²) >= 11 is 0. The molecular formula is C46H83N7O4. The van der Waals surface area contributed by atoms with Crippen molar-refractivity contribution in [1.82, 2.24) is 29.5 Å². The first-order valence-electron chi connectivity index (χ1n) is 23.7. The fourth-order valence-electron chi connectivity index (χ4n) is 8.44. The van der Waals surface area contributed by atoms with Gasteiger partial charge in [-0.1, -0.05) is 181 Å². The summed E-state index contributed by atoms with van der Waals surface area (Å²) < 4.78 is 14.6. The molecule has 2 unspecified atom stereocenters. The number of aliphatic imine (C=N–C) groups is 1. The van der Waals surface area contributed by atoms with Crippen molar-refractivity contribution in [2.24, 2.45) is 4.99 Å². The Kier molecular flexibility index (Phi) is 23.6. The van der Waals surface area contributed by atoms with Gasteiger partial charge in [-0.3, -0.25) is 9.40 Å². The first kappa shape index (κ1) is 47.5. The Morgan fingerprint density at radius 2 is 1.19 bits per heavy atom. The van der Waals surface area contributed by atoms with E-state index in [0.29, 0.717) is 23.6 Å². The van der Waals surface area contributed by atoms with Crippen LogP contribution in [0.4, 0.5) is 5.82 Å². The molecule has 0 aromatic carbocycles. The zero-order valence-electron chi connectivity index (χ0n) is 36.9. The Morgan fingerprint density at radius 1 is 0.719 bits per heavy atom. The number of rotatable bonds is 36. The number of aliphatic hydroxyl groups excluding tert-OH is 1. The van der Waals surface area contributed by atoms with E-state index >= 15 is 0 Å². The van der Waals surface area contributed by atoms with Crippen molar-refractivity contribution in [3.63, 3.8) is 0 Å². The first-order valence-corrected chi connectivity index (χ1v) is 23.7. The van der Waals surface area contributed by atoms with E-state index in [2.05, 4.69) is 38.9 Å². The van der Waals surface area contributed by atoms with Crippen LogP contribution in [0.2, 0.25) is 0 Å². The highest BCUT2D eigenvalue weighted by molar-refractivity contribution is 5.82. The fraction of sp³-hybridized carbons (Fsp3) is 0.870. The summed E-state index contributed by atoms with van der Waals surface area (Å²) in [5, 5.41) is 13.7. The number of hydrogen-bond donors (Lipinski definition) is 1. The number of imidazole rings is 1. The van der Waals surface area contributed by atoms with Gasteiger partial charge >= 0.3 is 0 Å². The predicted octanol–water partition coefficient (Wildman–Crippen LogP) is 11.3. The maximum absolute atomic E-state index is 11.5. The maximum atomic E-state index is 11.5. The average molecular weight is 798 g/mol. The van der Waals surface area contributed by atoms with E-state index in [0.717, 1.165) is 25.9 Å². The quantitative estimate of drug-likeness (QED) is 0.0312. The molecule has 2 aliphatic heterocycles. The van der Waals surface area contributed by atoms with Crippen LogP contribution in [0.15, 0.2) is 17.6 Å². The van der Waals surface area contributed by atoms with Crippen LogP contribution in [0.5, 0.6) is 0 Å². The molecule has 2 saturated heterocycles. The van der Waals surface area contributed by atoms with Crippen LogP contribution in [-0.4, -0.2) is 99.1 Å². The van der Waals surface area contributed by atoms with Gasteiger partial charge < -0.3 is 19.5 Å². The number of aromatic nitrogens is 4. The molecule has 4 rings (SSSR count). The van der Waals surface area contributed by atoms with Gasteiger partial charge in [0, 0.05) is 27.2 Å². The molecule has 1 N–H and O–H groups in total. The molecule has 57 heavy (non-hydrogen) atoms. The Bertz CT molecular complexity index is 1310. The highest BCUT2D eigenvalue weighted by Gasteiger charge is 2.62. The van der Waals surface area contributed by atoms with Crippen molar-refractivity contribution in [3.8, 4) is 0 Å². The molecule has 4 atom stereocenters. The Labute approximate surface area is 347 Å². The molecule has 0 spiro atoms. The second kappa shape index (κ2) is 28.3. The SMILES string of the molecule is CCCCCCCCCCCCCCCCN(CCCCCCCCCCCCCCCC)OC[C@]12COC(C1O)[C@H](n1cnc3c(N=CN(C)C)ncnc31)O2. The van der Waals surface area contributed by atoms with Gasteiger partial charge in [-0.15, -0.1) is 0 Å². The van der Waals surface area contributed by atoms with E-state index in [1.807, 2.05) is 23.6 Å². The molecule has 0 aliphatic carbocycles. The third-order valence-corrected chi connectivity index (χ3v) is 12.0. The fourth-order valence-corrected chi connectivity index (χ4v) is 8.44. The standard InChI is InChI=1S/C46H83N7O4/c1-5-7-9-11-13-15-17-19-21-23-25-27-29-31-33-52(34-32-30-28-26-24-22-20-18-16-14-12-10-8-6-2)56-36-46-35-55-41(42(46)54)45(57-46)53-39-49-40-43(50-38-51(3)4)47-37-48-44(40)53/h37-39,41-42,45,54H,5-36H2,1-4H3/t41?,42?,45-,46-/m1/s1. The third-order valence-electron chi connectivity index (χ3n) is 12.0. The van der Waals surface area contributed by atoms with Gasteiger partial charge in [0.2, 0.25) is 0 Å². The summed E-state index contributed by atoms with van der Waals surface area (Å²) in [5.74, 6) is 0.484. The lowest BCUT2D eigenvalue weighted by atomic mass is 10.0. The molecule has 0 amide bonds. The molecule has 11 heteroatoms. The van der Waals surface area contributed by atoms with Crippen molar-refractivity contribution in [1.29, 1.82) is 0 Å². The second-order valence-corrected chi connectivity index (χ2v) is 17.4. The van der Waals surface area contributed by atoms with Crippen LogP contribution in [-0.2, 0) is 14.3 Å². The smallest absolute Gasteiger partial charge is 0.184 e. The van der Waals surface area contributed by atoms with Gasteiger partial charge in [0.1, 0.15) is 30.7 Å². The molecular weight excluding hydrogens is 715 g/mol. The minimum atomic E-state index is -0.950. The van der Waals surface area contributed by atoms with E-state index < -0.39 is 24.0 Å². The van der Waals surface area contributed by atoms with E-state index in [1.165, 1.54) is 173 Å². The van der Waals surface area contributed by atoms with Gasteiger partial charge in [-0.25, -0.2) is 19.9 Å². The van der Waals surface area contributed by atoms with Crippen molar-refractivity contribution in [3.05, 3.63) is 12.7 Å². The summed E-state index contributed by atoms with van der Waals surface area (Å²) in [6, 6.07) is 0. The maximum Gasteiger partial charge on any atom is 0.184 e. The van der Waals surface area contributed by atoms with Crippen LogP contribution >= 0.6 is 0 Å². The normalized spacial score (nSPS) is 20.6. The van der Waals surface area contributed by atoms with Crippen molar-refractivity contribution in [2.75, 3.05) is 40.4 Å². The van der Waals surface area contributed by atoms with Crippen LogP contribution in [0.1, 0.15) is 200 Å².